The number of carbonyl (C=O) groups is 1. The van der Waals surface area contributed by atoms with E-state index in [2.05, 4.69) is 0 Å². The van der Waals surface area contributed by atoms with Gasteiger partial charge in [-0.25, -0.2) is 4.39 Å². The highest BCUT2D eigenvalue weighted by atomic mass is 19.1. The molecule has 0 saturated heterocycles. The van der Waals surface area contributed by atoms with Gasteiger partial charge in [-0.2, -0.15) is 5.26 Å². The lowest BCUT2D eigenvalue weighted by Gasteiger charge is -1.99. The van der Waals surface area contributed by atoms with Gasteiger partial charge < -0.3 is 5.73 Å². The molecule has 4 heteroatoms. The molecule has 0 fully saturated rings. The molecule has 0 unspecified atom stereocenters. The van der Waals surface area contributed by atoms with Crippen molar-refractivity contribution >= 4 is 5.91 Å². The molecular weight excluding hydrogens is 183 g/mol. The van der Waals surface area contributed by atoms with Crippen molar-refractivity contribution < 1.29 is 9.18 Å². The zero-order chi connectivity index (χ0) is 10.6. The van der Waals surface area contributed by atoms with Gasteiger partial charge in [0.2, 0.25) is 5.91 Å². The average molecular weight is 191 g/mol. The first-order valence-corrected chi connectivity index (χ1v) is 3.94. The molecule has 3 nitrogen and oxygen atoms in total. The number of hydrogen-bond acceptors (Lipinski definition) is 2. The molecule has 0 heterocycles. The summed E-state index contributed by atoms with van der Waals surface area (Å²) in [5.74, 6) is -1.07. The Bertz CT molecular complexity index is 396. The molecule has 0 atom stereocenters. The number of nitrogens with two attached hydrogens (primary N) is 1. The van der Waals surface area contributed by atoms with Crippen LogP contribution in [0.4, 0.5) is 4.39 Å². The highest BCUT2D eigenvalue weighted by molar-refractivity contribution is 5.75. The molecule has 0 saturated carbocycles. The van der Waals surface area contributed by atoms with Crippen LogP contribution < -0.4 is 5.73 Å². The predicted octanol–water partition coefficient (Wildman–Crippen LogP) is 1.13. The van der Waals surface area contributed by atoms with Crippen LogP contribution >= 0.6 is 0 Å². The Balaban J connectivity index is 2.77. The van der Waals surface area contributed by atoms with Crippen LogP contribution in [0.2, 0.25) is 0 Å². The van der Waals surface area contributed by atoms with E-state index in [9.17, 15) is 9.18 Å². The maximum Gasteiger partial charge on any atom is 0.218 e. The van der Waals surface area contributed by atoms with Crippen LogP contribution in [-0.4, -0.2) is 5.91 Å². The molecule has 0 spiro atoms. The smallest absolute Gasteiger partial charge is 0.218 e. The van der Waals surface area contributed by atoms with Crippen LogP contribution in [0.1, 0.15) is 17.5 Å². The largest absolute Gasteiger partial charge is 0.370 e. The van der Waals surface area contributed by atoms with Gasteiger partial charge in [-0.05, 0) is 17.7 Å². The van der Waals surface area contributed by atoms with Crippen molar-refractivity contribution in [3.63, 3.8) is 0 Å². The number of benzene rings is 1. The highest BCUT2D eigenvalue weighted by Crippen LogP contribution is 2.11. The molecule has 2 N–H and O–H groups in total. The van der Waals surface area contributed by atoms with E-state index in [0.717, 1.165) is 0 Å². The fourth-order valence-electron chi connectivity index (χ4n) is 0.967. The lowest BCUT2D eigenvalue weighted by atomic mass is 10.1. The summed E-state index contributed by atoms with van der Waals surface area (Å²) in [5, 5.41) is 8.45. The van der Waals surface area contributed by atoms with E-state index in [1.165, 1.54) is 18.6 Å². The van der Waals surface area contributed by atoms with E-state index < -0.39 is 11.7 Å². The third-order valence-corrected chi connectivity index (χ3v) is 1.65. The van der Waals surface area contributed by atoms with Crippen molar-refractivity contribution in [1.82, 2.24) is 0 Å². The number of halogens is 1. The van der Waals surface area contributed by atoms with Gasteiger partial charge in [0.25, 0.3) is 0 Å². The zero-order valence-corrected chi connectivity index (χ0v) is 7.33. The molecule has 1 amide bonds. The number of nitrogens with zero attached hydrogens (tertiary/aromatic N) is 1. The minimum absolute atomic E-state index is 0.0128. The molecule has 1 aromatic rings. The molecule has 0 bridgehead atoms. The quantitative estimate of drug-likeness (QED) is 0.778. The monoisotopic (exact) mass is 191 g/mol. The second-order valence-corrected chi connectivity index (χ2v) is 2.73. The summed E-state index contributed by atoms with van der Waals surface area (Å²) in [6.07, 6.45) is 1.57. The molecule has 1 radical (unpaired) electrons. The summed E-state index contributed by atoms with van der Waals surface area (Å²) in [5.41, 5.74) is 5.45. The minimum Gasteiger partial charge on any atom is -0.370 e. The van der Waals surface area contributed by atoms with Gasteiger partial charge in [-0.15, -0.1) is 0 Å². The van der Waals surface area contributed by atoms with Crippen molar-refractivity contribution in [1.29, 1.82) is 5.26 Å². The second-order valence-electron chi connectivity index (χ2n) is 2.73. The Hall–Kier alpha value is -1.89. The molecule has 0 aromatic heterocycles. The summed E-state index contributed by atoms with van der Waals surface area (Å²) in [7, 11) is 0. The number of rotatable bonds is 3. The van der Waals surface area contributed by atoms with E-state index >= 15 is 0 Å². The number of carbonyl (C=O) groups excluding carboxylic acids is 1. The highest BCUT2D eigenvalue weighted by Gasteiger charge is 2.03. The first-order valence-electron chi connectivity index (χ1n) is 3.94. The van der Waals surface area contributed by atoms with Gasteiger partial charge >= 0.3 is 0 Å². The Kier molecular flexibility index (Phi) is 3.19. The van der Waals surface area contributed by atoms with E-state index in [-0.39, 0.29) is 12.0 Å². The van der Waals surface area contributed by atoms with Crippen LogP contribution in [-0.2, 0) is 4.79 Å². The second kappa shape index (κ2) is 4.38. The average Bonchev–Trinajstić information content (AvgIpc) is 2.15. The maximum atomic E-state index is 13.0. The van der Waals surface area contributed by atoms with Gasteiger partial charge in [-0.1, -0.05) is 6.07 Å². The van der Waals surface area contributed by atoms with Crippen LogP contribution in [0, 0.1) is 23.6 Å². The van der Waals surface area contributed by atoms with E-state index in [4.69, 9.17) is 11.0 Å². The summed E-state index contributed by atoms with van der Waals surface area (Å²) < 4.78 is 13.0. The summed E-state index contributed by atoms with van der Waals surface area (Å²) >= 11 is 0. The van der Waals surface area contributed by atoms with Crippen LogP contribution in [0.25, 0.3) is 0 Å². The molecule has 14 heavy (non-hydrogen) atoms. The Labute approximate surface area is 81.0 Å². The Morgan fingerprint density at radius 3 is 2.86 bits per heavy atom. The molecule has 1 rings (SSSR count). The van der Waals surface area contributed by atoms with Crippen molar-refractivity contribution in [2.24, 2.45) is 5.73 Å². The predicted molar refractivity (Wildman–Crippen MR) is 48.3 cm³/mol. The van der Waals surface area contributed by atoms with Gasteiger partial charge in [0.15, 0.2) is 0 Å². The van der Waals surface area contributed by atoms with E-state index in [1.54, 1.807) is 12.1 Å². The standard InChI is InChI=1S/C10H8FN2O/c11-9-5-7(2-4-10(13)14)1-3-8(9)6-12/h1-3,5H,4H2,(H2,13,14). The molecule has 71 valence electrons. The van der Waals surface area contributed by atoms with Crippen molar-refractivity contribution in [2.45, 2.75) is 6.42 Å². The fourth-order valence-corrected chi connectivity index (χ4v) is 0.967. The normalized spacial score (nSPS) is 9.43. The number of primary amides is 1. The fraction of sp³-hybridized carbons (Fsp3) is 0.100. The van der Waals surface area contributed by atoms with Gasteiger partial charge in [0, 0.05) is 12.8 Å². The van der Waals surface area contributed by atoms with Crippen molar-refractivity contribution in [3.8, 4) is 6.07 Å². The van der Waals surface area contributed by atoms with Gasteiger partial charge in [0.1, 0.15) is 11.9 Å². The van der Waals surface area contributed by atoms with Gasteiger partial charge in [0.05, 0.1) is 5.56 Å². The van der Waals surface area contributed by atoms with E-state index in [0.29, 0.717) is 5.56 Å². The first kappa shape index (κ1) is 10.2. The third-order valence-electron chi connectivity index (χ3n) is 1.65. The maximum absolute atomic E-state index is 13.0. The SMILES string of the molecule is N#Cc1ccc([CH]CC(N)=O)cc1F. The Morgan fingerprint density at radius 2 is 2.36 bits per heavy atom. The molecule has 0 aliphatic rings. The topological polar surface area (TPSA) is 66.9 Å². The molecule has 1 aromatic carbocycles. The summed E-state index contributed by atoms with van der Waals surface area (Å²) in [4.78, 5) is 10.4. The van der Waals surface area contributed by atoms with E-state index in [1.807, 2.05) is 0 Å². The zero-order valence-electron chi connectivity index (χ0n) is 7.33. The van der Waals surface area contributed by atoms with Crippen LogP contribution in [0.15, 0.2) is 18.2 Å². The molecule has 0 aliphatic heterocycles. The number of amides is 1. The number of hydrogen-bond donors (Lipinski definition) is 1. The summed E-state index contributed by atoms with van der Waals surface area (Å²) in [6, 6.07) is 5.83. The van der Waals surface area contributed by atoms with Crippen molar-refractivity contribution in [2.75, 3.05) is 0 Å². The van der Waals surface area contributed by atoms with Crippen LogP contribution in [0.5, 0.6) is 0 Å². The lowest BCUT2D eigenvalue weighted by molar-refractivity contribution is -0.117. The summed E-state index contributed by atoms with van der Waals surface area (Å²) in [6.45, 7) is 0. The lowest BCUT2D eigenvalue weighted by Crippen LogP contribution is -2.10. The molecule has 0 aliphatic carbocycles. The Morgan fingerprint density at radius 1 is 1.64 bits per heavy atom. The van der Waals surface area contributed by atoms with Crippen LogP contribution in [0.3, 0.4) is 0 Å². The third kappa shape index (κ3) is 2.56. The van der Waals surface area contributed by atoms with Crippen molar-refractivity contribution in [3.05, 3.63) is 41.6 Å². The number of nitriles is 1. The first-order chi connectivity index (χ1) is 6.63. The molecular formula is C10H8FN2O. The minimum atomic E-state index is -0.592. The van der Waals surface area contributed by atoms with Gasteiger partial charge in [-0.3, -0.25) is 4.79 Å².